The van der Waals surface area contributed by atoms with Crippen LogP contribution in [0.1, 0.15) is 17.0 Å². The number of halogens is 3. The van der Waals surface area contributed by atoms with Crippen LogP contribution in [-0.4, -0.2) is 33.3 Å². The summed E-state index contributed by atoms with van der Waals surface area (Å²) in [5.74, 6) is 1.63. The number of thioether (sulfide) groups is 1. The van der Waals surface area contributed by atoms with Crippen LogP contribution in [0, 0.1) is 6.92 Å². The van der Waals surface area contributed by atoms with Gasteiger partial charge in [-0.2, -0.15) is 9.78 Å². The van der Waals surface area contributed by atoms with Crippen LogP contribution in [0.3, 0.4) is 0 Å². The summed E-state index contributed by atoms with van der Waals surface area (Å²) in [6.07, 6.45) is 1.64. The molecule has 0 aliphatic carbocycles. The average Bonchev–Trinajstić information content (AvgIpc) is 3.01. The summed E-state index contributed by atoms with van der Waals surface area (Å²) in [5, 5.41) is 24.5. The molecule has 0 saturated carbocycles. The number of rotatable bonds is 6. The number of hydrogen-bond acceptors (Lipinski definition) is 6. The van der Waals surface area contributed by atoms with E-state index in [-0.39, 0.29) is 5.75 Å². The first kappa shape index (κ1) is 21.0. The molecule has 28 heavy (non-hydrogen) atoms. The summed E-state index contributed by atoms with van der Waals surface area (Å²) in [6, 6.07) is 8.82. The van der Waals surface area contributed by atoms with Gasteiger partial charge in [0.1, 0.15) is 0 Å². The molecular formula is C18H15BrCl2N4O2S. The van der Waals surface area contributed by atoms with E-state index in [0.717, 1.165) is 11.1 Å². The van der Waals surface area contributed by atoms with Crippen molar-refractivity contribution in [2.45, 2.75) is 17.8 Å². The first-order valence-electron chi connectivity index (χ1n) is 7.98. The quantitative estimate of drug-likeness (QED) is 0.354. The minimum atomic E-state index is 0.0382. The number of aromatic nitrogens is 3. The van der Waals surface area contributed by atoms with Gasteiger partial charge in [-0.3, -0.25) is 0 Å². The molecule has 0 atom stereocenters. The molecule has 0 unspecified atom stereocenters. The fourth-order valence-corrected chi connectivity index (χ4v) is 4.24. The zero-order valence-electron chi connectivity index (χ0n) is 14.9. The Balaban J connectivity index is 1.81. The summed E-state index contributed by atoms with van der Waals surface area (Å²) < 4.78 is 7.31. The molecule has 0 radical (unpaired) electrons. The fourth-order valence-electron chi connectivity index (χ4n) is 2.29. The molecule has 0 aliphatic rings. The Morgan fingerprint density at radius 1 is 1.29 bits per heavy atom. The van der Waals surface area contributed by atoms with Crippen LogP contribution in [0.4, 0.5) is 0 Å². The van der Waals surface area contributed by atoms with E-state index in [0.29, 0.717) is 37.0 Å². The fraction of sp³-hybridized carbons (Fsp3) is 0.167. The Kier molecular flexibility index (Phi) is 6.87. The summed E-state index contributed by atoms with van der Waals surface area (Å²) in [7, 11) is 1.49. The third-order valence-corrected chi connectivity index (χ3v) is 5.89. The highest BCUT2D eigenvalue weighted by molar-refractivity contribution is 9.10. The molecule has 6 nitrogen and oxygen atoms in total. The van der Waals surface area contributed by atoms with E-state index in [4.69, 9.17) is 27.9 Å². The highest BCUT2D eigenvalue weighted by Crippen LogP contribution is 2.35. The van der Waals surface area contributed by atoms with Gasteiger partial charge in [0, 0.05) is 15.8 Å². The van der Waals surface area contributed by atoms with Gasteiger partial charge in [-0.05, 0) is 58.2 Å². The van der Waals surface area contributed by atoms with Crippen LogP contribution in [0.15, 0.2) is 45.1 Å². The van der Waals surface area contributed by atoms with Crippen LogP contribution in [-0.2, 0) is 5.75 Å². The van der Waals surface area contributed by atoms with Crippen molar-refractivity contribution in [2.75, 3.05) is 7.11 Å². The molecule has 10 heteroatoms. The lowest BCUT2D eigenvalue weighted by molar-refractivity contribution is 0.372. The van der Waals surface area contributed by atoms with Crippen molar-refractivity contribution in [1.29, 1.82) is 0 Å². The minimum Gasteiger partial charge on any atom is -0.503 e. The van der Waals surface area contributed by atoms with E-state index < -0.39 is 0 Å². The monoisotopic (exact) mass is 500 g/mol. The lowest BCUT2D eigenvalue weighted by Crippen LogP contribution is -1.97. The van der Waals surface area contributed by atoms with Gasteiger partial charge in [0.25, 0.3) is 0 Å². The Hall–Kier alpha value is -1.74. The summed E-state index contributed by atoms with van der Waals surface area (Å²) >= 11 is 16.9. The van der Waals surface area contributed by atoms with E-state index in [2.05, 4.69) is 31.2 Å². The molecule has 3 aromatic rings. The molecule has 146 valence electrons. The highest BCUT2D eigenvalue weighted by atomic mass is 79.9. The summed E-state index contributed by atoms with van der Waals surface area (Å²) in [6.45, 7) is 1.82. The van der Waals surface area contributed by atoms with E-state index in [9.17, 15) is 5.11 Å². The van der Waals surface area contributed by atoms with Gasteiger partial charge in [-0.25, -0.2) is 0 Å². The number of phenolic OH excluding ortho intramolecular Hbond substituents is 1. The number of phenols is 1. The molecule has 0 aliphatic heterocycles. The maximum atomic E-state index is 9.92. The molecule has 1 aromatic heterocycles. The maximum absolute atomic E-state index is 9.92. The number of methoxy groups -OCH3 is 1. The highest BCUT2D eigenvalue weighted by Gasteiger charge is 2.11. The molecule has 2 aromatic carbocycles. The van der Waals surface area contributed by atoms with Crippen molar-refractivity contribution < 1.29 is 9.84 Å². The van der Waals surface area contributed by atoms with Crippen molar-refractivity contribution in [2.24, 2.45) is 5.10 Å². The predicted octanol–water partition coefficient (Wildman–Crippen LogP) is 5.54. The number of benzene rings is 2. The Morgan fingerprint density at radius 2 is 2.07 bits per heavy atom. The van der Waals surface area contributed by atoms with Gasteiger partial charge >= 0.3 is 0 Å². The van der Waals surface area contributed by atoms with Gasteiger partial charge in [0.15, 0.2) is 17.3 Å². The second-order valence-corrected chi connectivity index (χ2v) is 8.30. The Bertz CT molecular complexity index is 1040. The van der Waals surface area contributed by atoms with Gasteiger partial charge < -0.3 is 9.84 Å². The Labute approximate surface area is 184 Å². The lowest BCUT2D eigenvalue weighted by atomic mass is 10.2. The third-order valence-electron chi connectivity index (χ3n) is 3.73. The largest absolute Gasteiger partial charge is 0.503 e. The predicted molar refractivity (Wildman–Crippen MR) is 116 cm³/mol. The van der Waals surface area contributed by atoms with Gasteiger partial charge in [-0.1, -0.05) is 41.0 Å². The normalized spacial score (nSPS) is 11.3. The van der Waals surface area contributed by atoms with Crippen molar-refractivity contribution >= 4 is 57.1 Å². The first-order valence-corrected chi connectivity index (χ1v) is 10.5. The van der Waals surface area contributed by atoms with Crippen molar-refractivity contribution in [1.82, 2.24) is 14.9 Å². The first-order chi connectivity index (χ1) is 13.4. The van der Waals surface area contributed by atoms with Crippen molar-refractivity contribution in [3.63, 3.8) is 0 Å². The topological polar surface area (TPSA) is 72.5 Å². The van der Waals surface area contributed by atoms with Crippen LogP contribution in [0.25, 0.3) is 0 Å². The number of nitrogens with zero attached hydrogens (tertiary/aromatic N) is 4. The van der Waals surface area contributed by atoms with Gasteiger partial charge in [0.2, 0.25) is 5.16 Å². The van der Waals surface area contributed by atoms with Gasteiger partial charge in [0.05, 0.1) is 17.8 Å². The third kappa shape index (κ3) is 4.81. The summed E-state index contributed by atoms with van der Waals surface area (Å²) in [5.41, 5.74) is 1.69. The lowest BCUT2D eigenvalue weighted by Gasteiger charge is -2.07. The van der Waals surface area contributed by atoms with Crippen molar-refractivity contribution in [3.8, 4) is 11.5 Å². The average molecular weight is 502 g/mol. The van der Waals surface area contributed by atoms with E-state index in [1.54, 1.807) is 35.2 Å². The van der Waals surface area contributed by atoms with Gasteiger partial charge in [-0.15, -0.1) is 10.2 Å². The second kappa shape index (κ2) is 9.17. The molecule has 0 fully saturated rings. The van der Waals surface area contributed by atoms with E-state index in [1.807, 2.05) is 13.0 Å². The van der Waals surface area contributed by atoms with Crippen LogP contribution < -0.4 is 4.74 Å². The zero-order chi connectivity index (χ0) is 20.3. The molecule has 0 saturated heterocycles. The van der Waals surface area contributed by atoms with E-state index >= 15 is 0 Å². The number of aryl methyl sites for hydroxylation is 1. The Morgan fingerprint density at radius 3 is 2.79 bits per heavy atom. The molecule has 0 amide bonds. The molecule has 3 rings (SSSR count). The van der Waals surface area contributed by atoms with Crippen LogP contribution >= 0.6 is 50.9 Å². The second-order valence-electron chi connectivity index (χ2n) is 5.66. The van der Waals surface area contributed by atoms with Crippen LogP contribution in [0.5, 0.6) is 11.5 Å². The smallest absolute Gasteiger partial charge is 0.212 e. The minimum absolute atomic E-state index is 0.0382. The number of ether oxygens (including phenoxy) is 1. The maximum Gasteiger partial charge on any atom is 0.212 e. The molecular weight excluding hydrogens is 487 g/mol. The molecule has 1 heterocycles. The van der Waals surface area contributed by atoms with Crippen LogP contribution in [0.2, 0.25) is 10.0 Å². The number of hydrogen-bond donors (Lipinski definition) is 1. The number of aromatic hydroxyl groups is 1. The van der Waals surface area contributed by atoms with E-state index in [1.165, 1.54) is 18.9 Å². The SMILES string of the molecule is COc1cc(/C=N/n2c(C)nnc2SCc2ccc(Cl)cc2Cl)cc(Br)c1O. The zero-order valence-corrected chi connectivity index (χ0v) is 18.8. The molecule has 0 bridgehead atoms. The summed E-state index contributed by atoms with van der Waals surface area (Å²) in [4.78, 5) is 0. The van der Waals surface area contributed by atoms with Crippen molar-refractivity contribution in [3.05, 3.63) is 61.8 Å². The molecule has 0 spiro atoms. The molecule has 1 N–H and O–H groups in total. The standard InChI is InChI=1S/C18H15BrCl2N4O2S/c1-10-23-24-18(28-9-12-3-4-13(20)7-15(12)21)25(10)22-8-11-5-14(19)17(26)16(6-11)27-2/h3-8,26H,9H2,1-2H3/b22-8+.